The number of quaternary nitrogens is 1. The van der Waals surface area contributed by atoms with Crippen LogP contribution in [0.3, 0.4) is 0 Å². The van der Waals surface area contributed by atoms with E-state index in [4.69, 9.17) is 27.9 Å². The predicted octanol–water partition coefficient (Wildman–Crippen LogP) is 1.89. The van der Waals surface area contributed by atoms with Crippen molar-refractivity contribution >= 4 is 33.2 Å². The third kappa shape index (κ3) is 4.31. The van der Waals surface area contributed by atoms with E-state index >= 15 is 0 Å². The number of rotatable bonds is 5. The zero-order chi connectivity index (χ0) is 17.9. The molecule has 1 heterocycles. The Hall–Kier alpha value is -0.370. The molecule has 1 saturated heterocycles. The molecule has 0 spiro atoms. The summed E-state index contributed by atoms with van der Waals surface area (Å²) in [5.41, 5.74) is -0.0666. The molecule has 8 heteroatoms. The molecule has 0 radical (unpaired) electrons. The van der Waals surface area contributed by atoms with Crippen LogP contribution in [0.2, 0.25) is 10.0 Å². The third-order valence-corrected chi connectivity index (χ3v) is 7.80. The van der Waals surface area contributed by atoms with Crippen LogP contribution in [0.4, 0.5) is 0 Å². The molecule has 0 amide bonds. The molecule has 3 rings (SSSR count). The van der Waals surface area contributed by atoms with E-state index in [9.17, 15) is 8.42 Å². The van der Waals surface area contributed by atoms with Crippen molar-refractivity contribution in [3.63, 3.8) is 0 Å². The molecule has 0 unspecified atom stereocenters. The number of hydrogen-bond acceptors (Lipinski definition) is 3. The van der Waals surface area contributed by atoms with E-state index in [1.54, 1.807) is 18.2 Å². The summed E-state index contributed by atoms with van der Waals surface area (Å²) >= 11 is 12.2. The number of benzene rings is 1. The van der Waals surface area contributed by atoms with Crippen LogP contribution >= 0.6 is 23.2 Å². The first-order valence-corrected chi connectivity index (χ1v) is 11.1. The number of morpholine rings is 1. The van der Waals surface area contributed by atoms with Gasteiger partial charge in [0.25, 0.3) is 0 Å². The van der Waals surface area contributed by atoms with Crippen molar-refractivity contribution in [1.29, 1.82) is 0 Å². The summed E-state index contributed by atoms with van der Waals surface area (Å²) in [5.74, 6) is 0. The fraction of sp³-hybridized carbons (Fsp3) is 0.647. The van der Waals surface area contributed by atoms with E-state index in [1.807, 2.05) is 0 Å². The van der Waals surface area contributed by atoms with Gasteiger partial charge in [-0.3, -0.25) is 0 Å². The highest BCUT2D eigenvalue weighted by Crippen LogP contribution is 2.30. The van der Waals surface area contributed by atoms with Gasteiger partial charge in [-0.05, 0) is 25.0 Å². The number of sulfonamides is 1. The van der Waals surface area contributed by atoms with Crippen LogP contribution in [0, 0.1) is 0 Å². The molecule has 2 aliphatic rings. The van der Waals surface area contributed by atoms with Crippen molar-refractivity contribution in [1.82, 2.24) is 4.72 Å². The normalized spacial score (nSPS) is 22.0. The van der Waals surface area contributed by atoms with Gasteiger partial charge < -0.3 is 9.64 Å². The fourth-order valence-electron chi connectivity index (χ4n) is 4.08. The van der Waals surface area contributed by atoms with Crippen molar-refractivity contribution < 1.29 is 18.1 Å². The molecule has 1 aromatic rings. The van der Waals surface area contributed by atoms with Crippen LogP contribution in [0.15, 0.2) is 23.1 Å². The van der Waals surface area contributed by atoms with Gasteiger partial charge in [0.15, 0.2) is 0 Å². The van der Waals surface area contributed by atoms with E-state index in [-0.39, 0.29) is 20.5 Å². The SMILES string of the molecule is O=S(=O)(NCC1([NH+]2CCOCC2)CCCCC1)c1c(Cl)cccc1Cl. The lowest BCUT2D eigenvalue weighted by molar-refractivity contribution is -0.960. The Kier molecular flexibility index (Phi) is 6.29. The first-order valence-electron chi connectivity index (χ1n) is 8.81. The van der Waals surface area contributed by atoms with Gasteiger partial charge in [0, 0.05) is 12.8 Å². The highest BCUT2D eigenvalue weighted by atomic mass is 35.5. The van der Waals surface area contributed by atoms with Crippen LogP contribution in [0.1, 0.15) is 32.1 Å². The fourth-order valence-corrected chi connectivity index (χ4v) is 6.34. The lowest BCUT2D eigenvalue weighted by Gasteiger charge is -2.45. The largest absolute Gasteiger partial charge is 0.370 e. The lowest BCUT2D eigenvalue weighted by atomic mass is 9.80. The van der Waals surface area contributed by atoms with Gasteiger partial charge in [-0.15, -0.1) is 0 Å². The summed E-state index contributed by atoms with van der Waals surface area (Å²) in [5, 5.41) is 0.299. The summed E-state index contributed by atoms with van der Waals surface area (Å²) in [6, 6.07) is 4.74. The smallest absolute Gasteiger partial charge is 0.243 e. The molecular weight excluding hydrogens is 383 g/mol. The standard InChI is InChI=1S/C17H24Cl2N2O3S/c18-14-5-4-6-15(19)16(14)25(22,23)20-13-17(7-2-1-3-8-17)21-9-11-24-12-10-21/h4-6,20H,1-3,7-13H2/p+1. The molecule has 5 nitrogen and oxygen atoms in total. The second-order valence-electron chi connectivity index (χ2n) is 6.93. The van der Waals surface area contributed by atoms with Gasteiger partial charge in [-0.2, -0.15) is 0 Å². The summed E-state index contributed by atoms with van der Waals surface area (Å²) < 4.78 is 33.9. The summed E-state index contributed by atoms with van der Waals surface area (Å²) in [6.45, 7) is 3.73. The minimum absolute atomic E-state index is 0.0266. The molecule has 1 aliphatic carbocycles. The Balaban J connectivity index is 1.80. The first kappa shape index (κ1) is 19.4. The average molecular weight is 408 g/mol. The van der Waals surface area contributed by atoms with Crippen LogP contribution in [-0.2, 0) is 14.8 Å². The quantitative estimate of drug-likeness (QED) is 0.783. The maximum Gasteiger partial charge on any atom is 0.243 e. The van der Waals surface area contributed by atoms with Crippen molar-refractivity contribution in [2.45, 2.75) is 42.5 Å². The van der Waals surface area contributed by atoms with E-state index in [0.717, 1.165) is 52.0 Å². The Morgan fingerprint density at radius 3 is 2.28 bits per heavy atom. The molecule has 2 fully saturated rings. The van der Waals surface area contributed by atoms with E-state index < -0.39 is 10.0 Å². The van der Waals surface area contributed by atoms with Crippen molar-refractivity contribution in [2.75, 3.05) is 32.8 Å². The van der Waals surface area contributed by atoms with Crippen LogP contribution in [0.5, 0.6) is 0 Å². The zero-order valence-electron chi connectivity index (χ0n) is 14.2. The highest BCUT2D eigenvalue weighted by molar-refractivity contribution is 7.89. The lowest BCUT2D eigenvalue weighted by Crippen LogP contribution is -3.23. The molecule has 0 atom stereocenters. The first-order chi connectivity index (χ1) is 11.9. The van der Waals surface area contributed by atoms with Gasteiger partial charge in [0.2, 0.25) is 10.0 Å². The van der Waals surface area contributed by atoms with Crippen molar-refractivity contribution in [3.8, 4) is 0 Å². The Bertz CT molecular complexity index is 680. The van der Waals surface area contributed by atoms with Gasteiger partial charge >= 0.3 is 0 Å². The number of hydrogen-bond donors (Lipinski definition) is 2. The van der Waals surface area contributed by atoms with Gasteiger partial charge in [-0.25, -0.2) is 13.1 Å². The average Bonchev–Trinajstić information content (AvgIpc) is 2.61. The maximum atomic E-state index is 12.8. The Morgan fingerprint density at radius 2 is 1.68 bits per heavy atom. The van der Waals surface area contributed by atoms with Crippen LogP contribution in [-0.4, -0.2) is 46.8 Å². The third-order valence-electron chi connectivity index (χ3n) is 5.45. The monoisotopic (exact) mass is 407 g/mol. The maximum absolute atomic E-state index is 12.8. The van der Waals surface area contributed by atoms with E-state index in [1.165, 1.54) is 11.3 Å². The van der Waals surface area contributed by atoms with Gasteiger partial charge in [-0.1, -0.05) is 35.7 Å². The van der Waals surface area contributed by atoms with Gasteiger partial charge in [0.1, 0.15) is 23.5 Å². The van der Waals surface area contributed by atoms with Crippen LogP contribution < -0.4 is 9.62 Å². The Morgan fingerprint density at radius 1 is 1.08 bits per heavy atom. The van der Waals surface area contributed by atoms with Gasteiger partial charge in [0.05, 0.1) is 29.8 Å². The number of halogens is 2. The molecular formula is C17H25Cl2N2O3S+. The minimum atomic E-state index is -3.76. The van der Waals surface area contributed by atoms with E-state index in [2.05, 4.69) is 4.72 Å². The number of nitrogens with one attached hydrogen (secondary N) is 2. The highest BCUT2D eigenvalue weighted by Gasteiger charge is 2.43. The second kappa shape index (κ2) is 8.11. The molecule has 2 N–H and O–H groups in total. The number of ether oxygens (including phenoxy) is 1. The molecule has 140 valence electrons. The van der Waals surface area contributed by atoms with Crippen molar-refractivity contribution in [2.24, 2.45) is 0 Å². The molecule has 0 bridgehead atoms. The minimum Gasteiger partial charge on any atom is -0.370 e. The molecule has 0 aromatic heterocycles. The molecule has 1 saturated carbocycles. The zero-order valence-corrected chi connectivity index (χ0v) is 16.5. The Labute approximate surface area is 159 Å². The molecule has 1 aromatic carbocycles. The molecule has 25 heavy (non-hydrogen) atoms. The summed E-state index contributed by atoms with van der Waals surface area (Å²) in [6.07, 6.45) is 5.55. The summed E-state index contributed by atoms with van der Waals surface area (Å²) in [4.78, 5) is 1.42. The predicted molar refractivity (Wildman–Crippen MR) is 99.0 cm³/mol. The second-order valence-corrected chi connectivity index (χ2v) is 9.45. The van der Waals surface area contributed by atoms with E-state index in [0.29, 0.717) is 6.54 Å². The summed E-state index contributed by atoms with van der Waals surface area (Å²) in [7, 11) is -3.76. The van der Waals surface area contributed by atoms with Crippen LogP contribution in [0.25, 0.3) is 0 Å². The molecule has 1 aliphatic heterocycles. The topological polar surface area (TPSA) is 59.8 Å². The van der Waals surface area contributed by atoms with Crippen molar-refractivity contribution in [3.05, 3.63) is 28.2 Å².